The average Bonchev–Trinajstić information content (AvgIpc) is 3.10. The number of aromatic hydroxyl groups is 1. The van der Waals surface area contributed by atoms with E-state index in [1.54, 1.807) is 18.3 Å². The lowest BCUT2D eigenvalue weighted by Gasteiger charge is -2.23. The number of carbonyl (C=O) groups is 1. The summed E-state index contributed by atoms with van der Waals surface area (Å²) in [4.78, 5) is 16.2. The van der Waals surface area contributed by atoms with Gasteiger partial charge in [0.25, 0.3) is 0 Å². The third-order valence-electron chi connectivity index (χ3n) is 7.38. The highest BCUT2D eigenvalue weighted by Crippen LogP contribution is 2.35. The topological polar surface area (TPSA) is 158 Å². The average molecular weight is 730 g/mol. The van der Waals surface area contributed by atoms with Gasteiger partial charge in [0.1, 0.15) is 11.5 Å². The summed E-state index contributed by atoms with van der Waals surface area (Å²) >= 11 is 0. The Kier molecular flexibility index (Phi) is 18.7. The zero-order chi connectivity index (χ0) is 36.8. The molecule has 0 aromatic heterocycles. The molecule has 2 amide bonds. The lowest BCUT2D eigenvalue weighted by atomic mass is 9.90. The van der Waals surface area contributed by atoms with Crippen LogP contribution in [-0.4, -0.2) is 89.0 Å². The number of phenolic OH excluding ortho intramolecular Hbond substituents is 1. The van der Waals surface area contributed by atoms with Crippen molar-refractivity contribution in [3.63, 3.8) is 0 Å². The van der Waals surface area contributed by atoms with E-state index in [2.05, 4.69) is 20.7 Å². The SMILES string of the molecule is N/N=C(\C=NCCOCCOCCOCCOCCC(Oc1c(F)c(F)c(F)c(F)c1F)=C1CCC1)CCCCNC(=O)Nc1ccc(O)cc1. The molecule has 0 atom stereocenters. The predicted octanol–water partition coefficient (Wildman–Crippen LogP) is 5.74. The van der Waals surface area contributed by atoms with Gasteiger partial charge >= 0.3 is 6.03 Å². The second-order valence-electron chi connectivity index (χ2n) is 11.1. The zero-order valence-electron chi connectivity index (χ0n) is 28.2. The van der Waals surface area contributed by atoms with E-state index >= 15 is 0 Å². The Balaban J connectivity index is 1.13. The summed E-state index contributed by atoms with van der Waals surface area (Å²) in [6, 6.07) is 5.83. The number of hydrogen-bond donors (Lipinski definition) is 4. The van der Waals surface area contributed by atoms with Crippen LogP contribution in [0.3, 0.4) is 0 Å². The number of nitrogens with one attached hydrogen (secondary N) is 2. The molecule has 3 rings (SSSR count). The van der Waals surface area contributed by atoms with E-state index in [0.717, 1.165) is 24.8 Å². The van der Waals surface area contributed by atoms with Gasteiger partial charge in [0, 0.05) is 24.9 Å². The van der Waals surface area contributed by atoms with Crippen molar-refractivity contribution in [2.45, 2.75) is 44.9 Å². The molecule has 0 saturated heterocycles. The smallest absolute Gasteiger partial charge is 0.319 e. The summed E-state index contributed by atoms with van der Waals surface area (Å²) < 4.78 is 95.6. The minimum atomic E-state index is -2.24. The van der Waals surface area contributed by atoms with Gasteiger partial charge in [0.15, 0.2) is 0 Å². The molecule has 0 bridgehead atoms. The van der Waals surface area contributed by atoms with Crippen molar-refractivity contribution in [3.8, 4) is 11.5 Å². The predicted molar refractivity (Wildman–Crippen MR) is 180 cm³/mol. The van der Waals surface area contributed by atoms with Gasteiger partial charge in [-0.2, -0.15) is 13.9 Å². The van der Waals surface area contributed by atoms with Crippen LogP contribution in [0.15, 0.2) is 45.7 Å². The van der Waals surface area contributed by atoms with Crippen LogP contribution >= 0.6 is 0 Å². The van der Waals surface area contributed by atoms with Crippen molar-refractivity contribution in [2.75, 3.05) is 71.3 Å². The van der Waals surface area contributed by atoms with Crippen LogP contribution in [0.4, 0.5) is 32.4 Å². The number of ether oxygens (including phenoxy) is 5. The van der Waals surface area contributed by atoms with E-state index < -0.39 is 34.8 Å². The highest BCUT2D eigenvalue weighted by molar-refractivity contribution is 6.30. The monoisotopic (exact) mass is 729 g/mol. The molecule has 2 aromatic rings. The van der Waals surface area contributed by atoms with Gasteiger partial charge in [-0.25, -0.2) is 18.0 Å². The number of anilines is 1. The minimum Gasteiger partial charge on any atom is -0.508 e. The Hall–Kier alpha value is -4.32. The number of unbranched alkanes of at least 4 members (excludes halogenated alkanes) is 1. The number of carbonyl (C=O) groups excluding carboxylic acids is 1. The Morgan fingerprint density at radius 3 is 1.92 bits per heavy atom. The summed E-state index contributed by atoms with van der Waals surface area (Å²) in [7, 11) is 0. The molecule has 2 aromatic carbocycles. The van der Waals surface area contributed by atoms with Gasteiger partial charge in [-0.15, -0.1) is 0 Å². The fraction of sp³-hybridized carbons (Fsp3) is 0.500. The van der Waals surface area contributed by atoms with Gasteiger partial charge in [0.2, 0.25) is 34.8 Å². The maximum Gasteiger partial charge on any atom is 0.319 e. The second kappa shape index (κ2) is 23.2. The first-order valence-corrected chi connectivity index (χ1v) is 16.5. The molecule has 0 spiro atoms. The number of phenols is 1. The van der Waals surface area contributed by atoms with Gasteiger partial charge < -0.3 is 45.3 Å². The Bertz CT molecular complexity index is 1440. The number of hydrazone groups is 1. The van der Waals surface area contributed by atoms with E-state index in [9.17, 15) is 31.9 Å². The number of nitrogens with zero attached hydrogens (tertiary/aromatic N) is 2. The minimum absolute atomic E-state index is 0.0937. The number of halogens is 5. The molecular weight excluding hydrogens is 685 g/mol. The molecule has 0 heterocycles. The van der Waals surface area contributed by atoms with E-state index in [-0.39, 0.29) is 43.8 Å². The van der Waals surface area contributed by atoms with E-state index in [1.807, 2.05) is 0 Å². The molecule has 51 heavy (non-hydrogen) atoms. The largest absolute Gasteiger partial charge is 0.508 e. The van der Waals surface area contributed by atoms with Crippen LogP contribution in [0, 0.1) is 29.1 Å². The van der Waals surface area contributed by atoms with Crippen molar-refractivity contribution >= 4 is 23.6 Å². The van der Waals surface area contributed by atoms with Crippen molar-refractivity contribution in [2.24, 2.45) is 15.9 Å². The Morgan fingerprint density at radius 2 is 1.35 bits per heavy atom. The number of allylic oxidation sites excluding steroid dienone is 1. The van der Waals surface area contributed by atoms with Crippen LogP contribution in [0.5, 0.6) is 11.5 Å². The number of benzene rings is 2. The standard InChI is InChI=1S/C34H44F5N5O7/c35-28-29(36)31(38)33(32(39)30(28)37)51-27(23-4-3-5-23)11-14-47-16-18-49-20-21-50-19-17-48-15-13-41-22-25(44-40)6-1-2-12-42-34(46)43-24-7-9-26(45)10-8-24/h7-10,22,45H,1-6,11-21,40H2,(H2,42,43,46)/b41-22?,44-25-. The lowest BCUT2D eigenvalue weighted by molar-refractivity contribution is -0.00115. The molecule has 1 saturated carbocycles. The van der Waals surface area contributed by atoms with Gasteiger partial charge in [-0.3, -0.25) is 4.99 Å². The van der Waals surface area contributed by atoms with Crippen molar-refractivity contribution < 1.29 is 55.5 Å². The normalized spacial score (nSPS) is 13.0. The third kappa shape index (κ3) is 14.8. The second-order valence-corrected chi connectivity index (χ2v) is 11.1. The highest BCUT2D eigenvalue weighted by Gasteiger charge is 2.29. The molecule has 17 heteroatoms. The van der Waals surface area contributed by atoms with Gasteiger partial charge in [-0.1, -0.05) is 0 Å². The summed E-state index contributed by atoms with van der Waals surface area (Å²) in [5.41, 5.74) is 1.95. The number of rotatable bonds is 24. The fourth-order valence-electron chi connectivity index (χ4n) is 4.46. The van der Waals surface area contributed by atoms with Crippen LogP contribution in [0.25, 0.3) is 0 Å². The number of aliphatic imine (C=N–C) groups is 1. The molecule has 1 fully saturated rings. The number of nitrogens with two attached hydrogens (primary N) is 1. The van der Waals surface area contributed by atoms with Crippen LogP contribution < -0.4 is 21.2 Å². The van der Waals surface area contributed by atoms with Gasteiger partial charge in [0.05, 0.1) is 65.1 Å². The summed E-state index contributed by atoms with van der Waals surface area (Å²) in [6.45, 7) is 3.23. The van der Waals surface area contributed by atoms with Crippen molar-refractivity contribution in [1.82, 2.24) is 5.32 Å². The zero-order valence-corrected chi connectivity index (χ0v) is 28.2. The number of urea groups is 1. The molecule has 282 valence electrons. The molecular formula is C34H44F5N5O7. The fourth-order valence-corrected chi connectivity index (χ4v) is 4.46. The van der Waals surface area contributed by atoms with Crippen LogP contribution in [-0.2, 0) is 18.9 Å². The lowest BCUT2D eigenvalue weighted by Crippen LogP contribution is -2.29. The van der Waals surface area contributed by atoms with Crippen molar-refractivity contribution in [3.05, 3.63) is 64.7 Å². The maximum atomic E-state index is 14.1. The van der Waals surface area contributed by atoms with Crippen LogP contribution in [0.2, 0.25) is 0 Å². The maximum absolute atomic E-state index is 14.1. The molecule has 12 nitrogen and oxygen atoms in total. The van der Waals surface area contributed by atoms with Gasteiger partial charge in [-0.05, 0) is 68.4 Å². The first kappa shape index (κ1) is 41.1. The first-order valence-electron chi connectivity index (χ1n) is 16.5. The quantitative estimate of drug-likeness (QED) is 0.0123. The highest BCUT2D eigenvalue weighted by atomic mass is 19.2. The molecule has 5 N–H and O–H groups in total. The Morgan fingerprint density at radius 1 is 0.784 bits per heavy atom. The molecule has 0 unspecified atom stereocenters. The Labute approximate surface area is 292 Å². The number of amides is 2. The molecule has 0 radical (unpaired) electrons. The van der Waals surface area contributed by atoms with E-state index in [0.29, 0.717) is 76.8 Å². The van der Waals surface area contributed by atoms with Crippen molar-refractivity contribution in [1.29, 1.82) is 0 Å². The van der Waals surface area contributed by atoms with E-state index in [1.165, 1.54) is 12.1 Å². The third-order valence-corrected chi connectivity index (χ3v) is 7.38. The number of hydrogen-bond acceptors (Lipinski definition) is 10. The summed E-state index contributed by atoms with van der Waals surface area (Å²) in [5, 5.41) is 18.5. The summed E-state index contributed by atoms with van der Waals surface area (Å²) in [6.07, 6.45) is 5.82. The first-order chi connectivity index (χ1) is 24.7. The van der Waals surface area contributed by atoms with E-state index in [4.69, 9.17) is 29.5 Å². The molecule has 1 aliphatic carbocycles. The molecule has 1 aliphatic rings. The summed E-state index contributed by atoms with van der Waals surface area (Å²) in [5.74, 6) is -6.02. The van der Waals surface area contributed by atoms with Crippen LogP contribution in [0.1, 0.15) is 44.9 Å². The molecule has 0 aliphatic heterocycles.